The lowest BCUT2D eigenvalue weighted by atomic mass is 9.87. The number of nitrogens with zero attached hydrogens (tertiary/aromatic N) is 4. The van der Waals surface area contributed by atoms with Crippen molar-refractivity contribution < 1.29 is 24.2 Å². The van der Waals surface area contributed by atoms with E-state index in [1.54, 1.807) is 29.6 Å². The molecule has 2 aromatic heterocycles. The number of fused-ring (bicyclic) bond motifs is 1. The fourth-order valence-electron chi connectivity index (χ4n) is 5.54. The van der Waals surface area contributed by atoms with Crippen LogP contribution in [0.15, 0.2) is 24.3 Å². The maximum Gasteiger partial charge on any atom is 0.312 e. The van der Waals surface area contributed by atoms with Crippen molar-refractivity contribution in [1.82, 2.24) is 14.8 Å². The molecule has 204 valence electrons. The number of ether oxygens (including phenoxy) is 2. The summed E-state index contributed by atoms with van der Waals surface area (Å²) >= 11 is 0. The molecule has 0 aliphatic heterocycles. The highest BCUT2D eigenvalue weighted by atomic mass is 16.5. The number of anilines is 2. The van der Waals surface area contributed by atoms with Gasteiger partial charge in [0.25, 0.3) is 5.88 Å². The number of hydrogen-bond acceptors (Lipinski definition) is 6. The lowest BCUT2D eigenvalue weighted by Crippen LogP contribution is -2.34. The molecule has 39 heavy (non-hydrogen) atoms. The summed E-state index contributed by atoms with van der Waals surface area (Å²) in [6, 6.07) is 7.90. The fraction of sp³-hybridized carbons (Fsp3) is 0.467. The smallest absolute Gasteiger partial charge is 0.312 e. The zero-order valence-corrected chi connectivity index (χ0v) is 23.1. The Labute approximate surface area is 228 Å². The molecule has 2 aliphatic carbocycles. The van der Waals surface area contributed by atoms with Gasteiger partial charge in [0.05, 0.1) is 23.2 Å². The molecule has 2 fully saturated rings. The number of pyridine rings is 1. The van der Waals surface area contributed by atoms with Crippen LogP contribution in [0.4, 0.5) is 11.5 Å². The minimum Gasteiger partial charge on any atom is -0.481 e. The average molecular weight is 531 g/mol. The van der Waals surface area contributed by atoms with E-state index in [9.17, 15) is 14.7 Å². The molecule has 2 atom stereocenters. The van der Waals surface area contributed by atoms with E-state index in [1.165, 1.54) is 12.7 Å². The van der Waals surface area contributed by atoms with Crippen LogP contribution in [0.25, 0.3) is 11.0 Å². The van der Waals surface area contributed by atoms with Crippen molar-refractivity contribution in [2.24, 2.45) is 12.5 Å². The number of carbonyl (C=O) groups excluding carboxylic acids is 1. The van der Waals surface area contributed by atoms with Crippen LogP contribution in [0, 0.1) is 31.1 Å². The van der Waals surface area contributed by atoms with E-state index in [0.717, 1.165) is 35.2 Å². The lowest BCUT2D eigenvalue weighted by Gasteiger charge is -2.24. The van der Waals surface area contributed by atoms with E-state index >= 15 is 0 Å². The summed E-state index contributed by atoms with van der Waals surface area (Å²) < 4.78 is 13.2. The fourth-order valence-corrected chi connectivity index (χ4v) is 5.54. The maximum atomic E-state index is 13.4. The first kappa shape index (κ1) is 26.7. The number of carboxylic acids is 1. The SMILES string of the molecule is CC#CC(=O)N(c1ccc2c(n1)c(OC1CCC(COC)(C(=O)O)C1)nn2C)c1cc(C)c(C)cc1C1CC1. The standard InChI is InChI=1S/C30H34N4O5/c1-6-7-26(35)34(24-15-19(3)18(2)14-22(24)20-8-9-20)25-11-10-23-27(31-25)28(32-33(23)4)39-21-12-13-30(16-21,17-38-5)29(36)37/h10-11,14-15,20-21H,8-9,12-13,16-17H2,1-5H3,(H,36,37). The van der Waals surface area contributed by atoms with Crippen molar-refractivity contribution in [3.05, 3.63) is 41.0 Å². The average Bonchev–Trinajstić information content (AvgIpc) is 3.59. The van der Waals surface area contributed by atoms with Gasteiger partial charge in [-0.15, -0.1) is 5.10 Å². The number of carboxylic acid groups (broad SMARTS) is 1. The number of amides is 1. The Hall–Kier alpha value is -3.90. The third-order valence-corrected chi connectivity index (χ3v) is 7.93. The quantitative estimate of drug-likeness (QED) is 0.417. The third kappa shape index (κ3) is 4.97. The van der Waals surface area contributed by atoms with Gasteiger partial charge in [0, 0.05) is 20.6 Å². The van der Waals surface area contributed by atoms with Crippen LogP contribution < -0.4 is 9.64 Å². The van der Waals surface area contributed by atoms with Crippen LogP contribution in [-0.4, -0.2) is 51.6 Å². The van der Waals surface area contributed by atoms with Gasteiger partial charge in [-0.3, -0.25) is 19.2 Å². The predicted molar refractivity (Wildman–Crippen MR) is 147 cm³/mol. The Balaban J connectivity index is 1.56. The van der Waals surface area contributed by atoms with Gasteiger partial charge in [-0.05, 0) is 93.2 Å². The minimum absolute atomic E-state index is 0.127. The van der Waals surface area contributed by atoms with Crippen molar-refractivity contribution >= 4 is 34.4 Å². The maximum absolute atomic E-state index is 13.4. The van der Waals surface area contributed by atoms with Crippen molar-refractivity contribution in [3.63, 3.8) is 0 Å². The lowest BCUT2D eigenvalue weighted by molar-refractivity contribution is -0.152. The van der Waals surface area contributed by atoms with Crippen LogP contribution in [0.3, 0.4) is 0 Å². The molecular weight excluding hydrogens is 496 g/mol. The van der Waals surface area contributed by atoms with Gasteiger partial charge in [-0.25, -0.2) is 4.98 Å². The highest BCUT2D eigenvalue weighted by Crippen LogP contribution is 2.47. The van der Waals surface area contributed by atoms with E-state index in [2.05, 4.69) is 29.9 Å². The summed E-state index contributed by atoms with van der Waals surface area (Å²) in [5.41, 5.74) is 4.47. The summed E-state index contributed by atoms with van der Waals surface area (Å²) in [4.78, 5) is 31.9. The molecule has 2 saturated carbocycles. The molecular formula is C30H34N4O5. The summed E-state index contributed by atoms with van der Waals surface area (Å²) in [6.45, 7) is 5.89. The van der Waals surface area contributed by atoms with Crippen LogP contribution in [0.5, 0.6) is 5.88 Å². The Morgan fingerprint density at radius 1 is 1.21 bits per heavy atom. The molecule has 0 saturated heterocycles. The molecule has 0 spiro atoms. The van der Waals surface area contributed by atoms with Crippen LogP contribution in [0.2, 0.25) is 0 Å². The molecule has 1 amide bonds. The molecule has 2 unspecified atom stereocenters. The molecule has 1 N–H and O–H groups in total. The number of rotatable bonds is 8. The first-order valence-corrected chi connectivity index (χ1v) is 13.3. The normalized spacial score (nSPS) is 20.5. The van der Waals surface area contributed by atoms with E-state index < -0.39 is 11.4 Å². The van der Waals surface area contributed by atoms with Crippen LogP contribution in [-0.2, 0) is 21.4 Å². The monoisotopic (exact) mass is 530 g/mol. The van der Waals surface area contributed by atoms with Crippen LogP contribution >= 0.6 is 0 Å². The van der Waals surface area contributed by atoms with E-state index in [0.29, 0.717) is 42.4 Å². The zero-order chi connectivity index (χ0) is 27.9. The van der Waals surface area contributed by atoms with Crippen molar-refractivity contribution in [1.29, 1.82) is 0 Å². The second kappa shape index (κ2) is 10.3. The Bertz CT molecular complexity index is 1510. The van der Waals surface area contributed by atoms with Crippen LogP contribution in [0.1, 0.15) is 61.6 Å². The number of aryl methyl sites for hydroxylation is 3. The van der Waals surface area contributed by atoms with Gasteiger partial charge in [-0.2, -0.15) is 0 Å². The Kier molecular flexibility index (Phi) is 7.08. The molecule has 3 aromatic rings. The van der Waals surface area contributed by atoms with E-state index in [-0.39, 0.29) is 18.6 Å². The van der Waals surface area contributed by atoms with Gasteiger partial charge < -0.3 is 14.6 Å². The Morgan fingerprint density at radius 2 is 1.95 bits per heavy atom. The molecule has 2 heterocycles. The number of benzene rings is 1. The van der Waals surface area contributed by atoms with Gasteiger partial charge in [0.15, 0.2) is 5.52 Å². The molecule has 9 nitrogen and oxygen atoms in total. The number of aliphatic carboxylic acids is 1. The second-order valence-electron chi connectivity index (χ2n) is 10.8. The largest absolute Gasteiger partial charge is 0.481 e. The minimum atomic E-state index is -0.979. The van der Waals surface area contributed by atoms with E-state index in [4.69, 9.17) is 14.5 Å². The summed E-state index contributed by atoms with van der Waals surface area (Å²) in [6.07, 6.45) is 3.18. The molecule has 2 aliphatic rings. The third-order valence-electron chi connectivity index (χ3n) is 7.93. The second-order valence-corrected chi connectivity index (χ2v) is 10.8. The predicted octanol–water partition coefficient (Wildman–Crippen LogP) is 4.80. The molecule has 9 heteroatoms. The first-order valence-electron chi connectivity index (χ1n) is 13.3. The van der Waals surface area contributed by atoms with Gasteiger partial charge in [-0.1, -0.05) is 12.0 Å². The summed E-state index contributed by atoms with van der Waals surface area (Å²) in [7, 11) is 3.31. The van der Waals surface area contributed by atoms with Crippen molar-refractivity contribution in [2.75, 3.05) is 18.6 Å². The van der Waals surface area contributed by atoms with Gasteiger partial charge in [0.2, 0.25) is 0 Å². The number of carbonyl (C=O) groups is 2. The van der Waals surface area contributed by atoms with Crippen molar-refractivity contribution in [2.45, 2.75) is 64.9 Å². The molecule has 0 bridgehead atoms. The summed E-state index contributed by atoms with van der Waals surface area (Å²) in [5, 5.41) is 14.4. The molecule has 0 radical (unpaired) electrons. The molecule has 5 rings (SSSR count). The topological polar surface area (TPSA) is 107 Å². The summed E-state index contributed by atoms with van der Waals surface area (Å²) in [5.74, 6) is 5.36. The highest BCUT2D eigenvalue weighted by molar-refractivity contribution is 6.11. The Morgan fingerprint density at radius 3 is 2.62 bits per heavy atom. The van der Waals surface area contributed by atoms with Gasteiger partial charge >= 0.3 is 11.9 Å². The van der Waals surface area contributed by atoms with E-state index in [1.807, 2.05) is 19.1 Å². The number of methoxy groups -OCH3 is 1. The highest BCUT2D eigenvalue weighted by Gasteiger charge is 2.47. The zero-order valence-electron chi connectivity index (χ0n) is 23.1. The number of aromatic nitrogens is 3. The van der Waals surface area contributed by atoms with Crippen molar-refractivity contribution in [3.8, 4) is 17.7 Å². The molecule has 1 aromatic carbocycles. The number of hydrogen-bond donors (Lipinski definition) is 1. The first-order chi connectivity index (χ1) is 18.7. The van der Waals surface area contributed by atoms with Gasteiger partial charge in [0.1, 0.15) is 11.9 Å².